The summed E-state index contributed by atoms with van der Waals surface area (Å²) in [7, 11) is 0. The molecule has 2 atom stereocenters. The average molecular weight is 410 g/mol. The second-order valence-corrected chi connectivity index (χ2v) is 7.43. The Morgan fingerprint density at radius 2 is 2.03 bits per heavy atom. The Balaban J connectivity index is 1.23. The zero-order chi connectivity index (χ0) is 20.5. The number of benzene rings is 2. The molecule has 8 heteroatoms. The van der Waals surface area contributed by atoms with Crippen LogP contribution in [0.5, 0.6) is 17.2 Å². The summed E-state index contributed by atoms with van der Waals surface area (Å²) in [5.74, 6) is 1.65. The van der Waals surface area contributed by atoms with Crippen molar-refractivity contribution in [3.63, 3.8) is 0 Å². The highest BCUT2D eigenvalue weighted by atomic mass is 16.6. The molecule has 1 amide bonds. The molecule has 1 aromatic heterocycles. The van der Waals surface area contributed by atoms with Crippen molar-refractivity contribution >= 4 is 16.9 Å². The number of amides is 1. The van der Waals surface area contributed by atoms with Crippen LogP contribution in [0.2, 0.25) is 0 Å². The molecule has 0 unspecified atom stereocenters. The van der Waals surface area contributed by atoms with Gasteiger partial charge in [-0.1, -0.05) is 23.4 Å². The number of β-amino-alcohol motifs (C(OH)–C–C–N with tert-alkyl or cyclic N) is 1. The largest absolute Gasteiger partial charge is 0.486 e. The fourth-order valence-corrected chi connectivity index (χ4v) is 3.90. The molecule has 1 saturated heterocycles. The molecular weight excluding hydrogens is 388 g/mol. The van der Waals surface area contributed by atoms with Crippen molar-refractivity contribution in [3.8, 4) is 17.2 Å². The molecule has 0 saturated carbocycles. The van der Waals surface area contributed by atoms with E-state index in [9.17, 15) is 9.90 Å². The van der Waals surface area contributed by atoms with Crippen LogP contribution < -0.4 is 14.2 Å². The summed E-state index contributed by atoms with van der Waals surface area (Å²) >= 11 is 0. The maximum absolute atomic E-state index is 12.8. The molecular formula is C22H22N2O6. The first-order valence-electron chi connectivity index (χ1n) is 10.0. The van der Waals surface area contributed by atoms with Crippen molar-refractivity contribution in [2.75, 3.05) is 26.3 Å². The lowest BCUT2D eigenvalue weighted by molar-refractivity contribution is -0.136. The second-order valence-electron chi connectivity index (χ2n) is 7.43. The molecule has 30 heavy (non-hydrogen) atoms. The van der Waals surface area contributed by atoms with E-state index in [0.717, 1.165) is 5.39 Å². The number of hydrogen-bond acceptors (Lipinski definition) is 7. The highest BCUT2D eigenvalue weighted by molar-refractivity contribution is 5.86. The van der Waals surface area contributed by atoms with Gasteiger partial charge in [0.2, 0.25) is 11.7 Å². The number of ether oxygens (including phenoxy) is 3. The fraction of sp³-hybridized carbons (Fsp3) is 0.364. The Hall–Kier alpha value is -3.26. The number of hydrogen-bond donors (Lipinski definition) is 1. The van der Waals surface area contributed by atoms with Gasteiger partial charge in [-0.2, -0.15) is 0 Å². The van der Waals surface area contributed by atoms with Crippen LogP contribution >= 0.6 is 0 Å². The number of rotatable bonds is 4. The molecule has 2 aromatic carbocycles. The van der Waals surface area contributed by atoms with Crippen LogP contribution in [0.15, 0.2) is 47.0 Å². The lowest BCUT2D eigenvalue weighted by atomic mass is 10.0. The number of para-hydroxylation sites is 2. The fourth-order valence-electron chi connectivity index (χ4n) is 3.90. The van der Waals surface area contributed by atoms with E-state index in [-0.39, 0.29) is 18.9 Å². The minimum Gasteiger partial charge on any atom is -0.486 e. The molecule has 0 spiro atoms. The number of aliphatic hydroxyl groups excluding tert-OH is 1. The normalized spacial score (nSPS) is 20.9. The molecule has 2 aliphatic rings. The van der Waals surface area contributed by atoms with Crippen LogP contribution in [0.3, 0.4) is 0 Å². The number of piperidine rings is 1. The van der Waals surface area contributed by atoms with Gasteiger partial charge in [0.25, 0.3) is 0 Å². The molecule has 1 fully saturated rings. The van der Waals surface area contributed by atoms with Crippen LogP contribution in [0.4, 0.5) is 0 Å². The maximum Gasteiger partial charge on any atom is 0.228 e. The molecule has 0 aliphatic carbocycles. The van der Waals surface area contributed by atoms with Gasteiger partial charge in [-0.25, -0.2) is 0 Å². The van der Waals surface area contributed by atoms with Crippen LogP contribution in [-0.4, -0.2) is 59.6 Å². The lowest BCUT2D eigenvalue weighted by Crippen LogP contribution is -2.51. The van der Waals surface area contributed by atoms with Crippen molar-refractivity contribution in [3.05, 3.63) is 48.2 Å². The highest BCUT2D eigenvalue weighted by Crippen LogP contribution is 2.40. The van der Waals surface area contributed by atoms with Gasteiger partial charge in [0.1, 0.15) is 31.1 Å². The molecule has 2 aliphatic heterocycles. The third kappa shape index (κ3) is 3.54. The van der Waals surface area contributed by atoms with Gasteiger partial charge >= 0.3 is 0 Å². The third-order valence-corrected chi connectivity index (χ3v) is 5.45. The topological polar surface area (TPSA) is 94.3 Å². The quantitative estimate of drug-likeness (QED) is 0.705. The number of fused-ring (bicyclic) bond motifs is 2. The van der Waals surface area contributed by atoms with Gasteiger partial charge in [0.15, 0.2) is 17.1 Å². The van der Waals surface area contributed by atoms with Crippen molar-refractivity contribution in [2.45, 2.75) is 25.0 Å². The maximum atomic E-state index is 12.8. The summed E-state index contributed by atoms with van der Waals surface area (Å²) in [6.45, 7) is 1.65. The Kier molecular flexibility index (Phi) is 4.92. The highest BCUT2D eigenvalue weighted by Gasteiger charge is 2.33. The first-order chi connectivity index (χ1) is 14.7. The van der Waals surface area contributed by atoms with Gasteiger partial charge in [-0.15, -0.1) is 0 Å². The first-order valence-corrected chi connectivity index (χ1v) is 10.0. The van der Waals surface area contributed by atoms with Crippen LogP contribution in [0.25, 0.3) is 11.0 Å². The summed E-state index contributed by atoms with van der Waals surface area (Å²) < 4.78 is 22.6. The summed E-state index contributed by atoms with van der Waals surface area (Å²) in [5, 5.41) is 15.5. The molecule has 3 heterocycles. The number of carbonyl (C=O) groups excluding carboxylic acids is 1. The van der Waals surface area contributed by atoms with Crippen molar-refractivity contribution in [1.82, 2.24) is 10.1 Å². The molecule has 3 aromatic rings. The minimum atomic E-state index is -0.808. The predicted molar refractivity (Wildman–Crippen MR) is 107 cm³/mol. The van der Waals surface area contributed by atoms with Crippen molar-refractivity contribution in [2.24, 2.45) is 0 Å². The Morgan fingerprint density at radius 1 is 1.17 bits per heavy atom. The monoisotopic (exact) mass is 410 g/mol. The molecule has 1 N–H and O–H groups in total. The summed E-state index contributed by atoms with van der Waals surface area (Å²) in [5.41, 5.74) is 1.27. The van der Waals surface area contributed by atoms with Gasteiger partial charge in [0, 0.05) is 18.4 Å². The number of likely N-dealkylation sites (tertiary alicyclic amines) is 1. The summed E-state index contributed by atoms with van der Waals surface area (Å²) in [4.78, 5) is 14.4. The summed E-state index contributed by atoms with van der Waals surface area (Å²) in [6.07, 6.45) is -0.597. The van der Waals surface area contributed by atoms with Crippen LogP contribution in [0, 0.1) is 0 Å². The van der Waals surface area contributed by atoms with E-state index in [2.05, 4.69) is 5.16 Å². The number of carbonyl (C=O) groups is 1. The van der Waals surface area contributed by atoms with E-state index in [0.29, 0.717) is 54.7 Å². The van der Waals surface area contributed by atoms with Gasteiger partial charge in [-0.3, -0.25) is 4.79 Å². The average Bonchev–Trinajstić information content (AvgIpc) is 3.18. The zero-order valence-electron chi connectivity index (χ0n) is 16.3. The number of aliphatic hydroxyl groups is 1. The molecule has 8 nitrogen and oxygen atoms in total. The Morgan fingerprint density at radius 3 is 2.93 bits per heavy atom. The Bertz CT molecular complexity index is 1060. The molecule has 5 rings (SSSR count). The van der Waals surface area contributed by atoms with Gasteiger partial charge in [-0.05, 0) is 24.3 Å². The standard InChI is InChI=1S/C22H22N2O6/c25-16-13-24(21(26)12-15-14-4-1-2-5-17(14)30-23-15)9-8-18(16)29-20-7-3-6-19-22(20)28-11-10-27-19/h1-7,16,18,25H,8-13H2/t16-,18-/m1/s1. The zero-order valence-corrected chi connectivity index (χ0v) is 16.3. The van der Waals surface area contributed by atoms with E-state index >= 15 is 0 Å². The van der Waals surface area contributed by atoms with E-state index in [4.69, 9.17) is 18.7 Å². The van der Waals surface area contributed by atoms with E-state index in [1.807, 2.05) is 36.4 Å². The number of nitrogens with zero attached hydrogens (tertiary/aromatic N) is 2. The second kappa shape index (κ2) is 7.87. The predicted octanol–water partition coefficient (Wildman–Crippen LogP) is 2.18. The van der Waals surface area contributed by atoms with Gasteiger partial charge < -0.3 is 28.7 Å². The summed E-state index contributed by atoms with van der Waals surface area (Å²) in [6, 6.07) is 12.9. The lowest BCUT2D eigenvalue weighted by Gasteiger charge is -2.36. The Labute approximate surface area is 172 Å². The minimum absolute atomic E-state index is 0.0969. The van der Waals surface area contributed by atoms with Crippen LogP contribution in [-0.2, 0) is 11.2 Å². The smallest absolute Gasteiger partial charge is 0.228 e. The SMILES string of the molecule is O=C(Cc1noc2ccccc12)N1CC[C@@H](Oc2cccc3c2OCCO3)[C@H](O)C1. The molecule has 0 radical (unpaired) electrons. The van der Waals surface area contributed by atoms with Gasteiger partial charge in [0.05, 0.1) is 13.0 Å². The van der Waals surface area contributed by atoms with E-state index < -0.39 is 12.2 Å². The van der Waals surface area contributed by atoms with E-state index in [1.54, 1.807) is 11.0 Å². The van der Waals surface area contributed by atoms with Crippen molar-refractivity contribution < 1.29 is 28.6 Å². The van der Waals surface area contributed by atoms with Crippen molar-refractivity contribution in [1.29, 1.82) is 0 Å². The first kappa shape index (κ1) is 18.7. The molecule has 0 bridgehead atoms. The molecule has 156 valence electrons. The third-order valence-electron chi connectivity index (χ3n) is 5.45. The van der Waals surface area contributed by atoms with Crippen LogP contribution in [0.1, 0.15) is 12.1 Å². The number of aromatic nitrogens is 1. The van der Waals surface area contributed by atoms with E-state index in [1.165, 1.54) is 0 Å².